The van der Waals surface area contributed by atoms with Crippen LogP contribution >= 0.6 is 11.3 Å². The lowest BCUT2D eigenvalue weighted by Crippen LogP contribution is -2.01. The van der Waals surface area contributed by atoms with E-state index in [9.17, 15) is 0 Å². The summed E-state index contributed by atoms with van der Waals surface area (Å²) in [5.41, 5.74) is 7.04. The molecule has 0 saturated heterocycles. The van der Waals surface area contributed by atoms with E-state index >= 15 is 0 Å². The number of para-hydroxylation sites is 2. The Morgan fingerprint density at radius 3 is 1.79 bits per heavy atom. The molecule has 242 valence electrons. The molecule has 0 aliphatic carbocycles. The summed E-state index contributed by atoms with van der Waals surface area (Å²) >= 11 is 1.82. The first-order valence-electron chi connectivity index (χ1n) is 17.2. The minimum Gasteiger partial charge on any atom is -0.455 e. The van der Waals surface area contributed by atoms with Gasteiger partial charge < -0.3 is 4.42 Å². The van der Waals surface area contributed by atoms with Gasteiger partial charge >= 0.3 is 0 Å². The summed E-state index contributed by atoms with van der Waals surface area (Å²) in [6, 6.07) is 54.3. The summed E-state index contributed by atoms with van der Waals surface area (Å²) in [6.45, 7) is 0. The van der Waals surface area contributed by atoms with Crippen LogP contribution < -0.4 is 0 Å². The summed E-state index contributed by atoms with van der Waals surface area (Å²) < 4.78 is 9.34. The monoisotopic (exact) mass is 682 g/mol. The summed E-state index contributed by atoms with van der Waals surface area (Å²) in [6.07, 6.45) is 0. The SMILES string of the molecule is c1ccc(-c2nc(-c3ccccc3)nc(-c3cc4c(-c5ccc6sc7ccccc7c6c5)nc5ccccc5c4c4c3oc3ccccc34)n2)cc1. The van der Waals surface area contributed by atoms with Crippen LogP contribution in [0.1, 0.15) is 0 Å². The Kier molecular flexibility index (Phi) is 6.35. The Labute approximate surface area is 301 Å². The third-order valence-corrected chi connectivity index (χ3v) is 11.1. The van der Waals surface area contributed by atoms with Crippen molar-refractivity contribution in [2.24, 2.45) is 0 Å². The van der Waals surface area contributed by atoms with E-state index in [2.05, 4.69) is 84.9 Å². The Morgan fingerprint density at radius 2 is 1.02 bits per heavy atom. The number of rotatable bonds is 4. The molecule has 6 heteroatoms. The quantitative estimate of drug-likeness (QED) is 0.173. The fourth-order valence-electron chi connectivity index (χ4n) is 7.52. The van der Waals surface area contributed by atoms with Crippen LogP contribution in [0.3, 0.4) is 0 Å². The van der Waals surface area contributed by atoms with E-state index in [1.54, 1.807) is 0 Å². The second-order valence-electron chi connectivity index (χ2n) is 13.0. The molecule has 4 heterocycles. The lowest BCUT2D eigenvalue weighted by atomic mass is 9.93. The third kappa shape index (κ3) is 4.48. The first-order chi connectivity index (χ1) is 25.8. The van der Waals surface area contributed by atoms with Crippen molar-refractivity contribution in [1.29, 1.82) is 0 Å². The largest absolute Gasteiger partial charge is 0.455 e. The number of fused-ring (bicyclic) bond motifs is 10. The van der Waals surface area contributed by atoms with Gasteiger partial charge in [0.2, 0.25) is 0 Å². The minimum atomic E-state index is 0.539. The van der Waals surface area contributed by atoms with Crippen molar-refractivity contribution in [2.75, 3.05) is 0 Å². The molecule has 7 aromatic carbocycles. The van der Waals surface area contributed by atoms with Crippen molar-refractivity contribution in [3.63, 3.8) is 0 Å². The van der Waals surface area contributed by atoms with Gasteiger partial charge in [-0.05, 0) is 36.4 Å². The third-order valence-electron chi connectivity index (χ3n) is 9.90. The van der Waals surface area contributed by atoms with Crippen molar-refractivity contribution >= 4 is 75.1 Å². The molecule has 0 amide bonds. The highest BCUT2D eigenvalue weighted by molar-refractivity contribution is 7.25. The van der Waals surface area contributed by atoms with Gasteiger partial charge in [-0.25, -0.2) is 19.9 Å². The van der Waals surface area contributed by atoms with Crippen LogP contribution in [0.5, 0.6) is 0 Å². The predicted octanol–water partition coefficient (Wildman–Crippen LogP) is 12.5. The molecule has 4 aromatic heterocycles. The summed E-state index contributed by atoms with van der Waals surface area (Å²) in [4.78, 5) is 20.7. The van der Waals surface area contributed by atoms with E-state index in [1.807, 2.05) is 84.1 Å². The maximum Gasteiger partial charge on any atom is 0.167 e. The van der Waals surface area contributed by atoms with Gasteiger partial charge in [0.15, 0.2) is 17.5 Å². The van der Waals surface area contributed by atoms with Crippen LogP contribution in [-0.4, -0.2) is 19.9 Å². The number of hydrogen-bond donors (Lipinski definition) is 0. The molecule has 0 saturated carbocycles. The molecular formula is C46H26N4OS. The van der Waals surface area contributed by atoms with Crippen LogP contribution in [-0.2, 0) is 0 Å². The van der Waals surface area contributed by atoms with Gasteiger partial charge in [-0.2, -0.15) is 0 Å². The number of thiophene rings is 1. The smallest absolute Gasteiger partial charge is 0.167 e. The Bertz CT molecular complexity index is 3130. The predicted molar refractivity (Wildman–Crippen MR) is 215 cm³/mol. The number of nitrogens with zero attached hydrogens (tertiary/aromatic N) is 4. The summed E-state index contributed by atoms with van der Waals surface area (Å²) in [5, 5.41) is 7.71. The van der Waals surface area contributed by atoms with E-state index in [1.165, 1.54) is 20.2 Å². The summed E-state index contributed by atoms with van der Waals surface area (Å²) in [7, 11) is 0. The second-order valence-corrected chi connectivity index (χ2v) is 14.1. The van der Waals surface area contributed by atoms with Gasteiger partial charge in [-0.1, -0.05) is 121 Å². The van der Waals surface area contributed by atoms with Gasteiger partial charge in [0.25, 0.3) is 0 Å². The second kappa shape index (κ2) is 11.4. The minimum absolute atomic E-state index is 0.539. The molecule has 0 aliphatic rings. The van der Waals surface area contributed by atoms with E-state index in [4.69, 9.17) is 24.4 Å². The Hall–Kier alpha value is -6.76. The molecule has 0 radical (unpaired) electrons. The highest BCUT2D eigenvalue weighted by atomic mass is 32.1. The molecular weight excluding hydrogens is 657 g/mol. The Morgan fingerprint density at radius 1 is 0.404 bits per heavy atom. The van der Waals surface area contributed by atoms with Crippen LogP contribution in [0.2, 0.25) is 0 Å². The molecule has 0 spiro atoms. The van der Waals surface area contributed by atoms with Crippen molar-refractivity contribution in [2.45, 2.75) is 0 Å². The molecule has 0 aliphatic heterocycles. The maximum atomic E-state index is 6.81. The molecule has 11 aromatic rings. The van der Waals surface area contributed by atoms with Crippen LogP contribution in [0.25, 0.3) is 109 Å². The zero-order valence-electron chi connectivity index (χ0n) is 27.6. The number of benzene rings is 7. The number of hydrogen-bond acceptors (Lipinski definition) is 6. The van der Waals surface area contributed by atoms with Crippen molar-refractivity contribution in [3.8, 4) is 45.4 Å². The zero-order chi connectivity index (χ0) is 34.2. The van der Waals surface area contributed by atoms with E-state index in [-0.39, 0.29) is 0 Å². The number of furan rings is 1. The first kappa shape index (κ1) is 29.0. The Balaban J connectivity index is 1.29. The van der Waals surface area contributed by atoms with Crippen LogP contribution in [0.15, 0.2) is 162 Å². The maximum absolute atomic E-state index is 6.81. The van der Waals surface area contributed by atoms with Gasteiger partial charge in [-0.15, -0.1) is 11.3 Å². The van der Waals surface area contributed by atoms with E-state index in [0.717, 1.165) is 71.6 Å². The molecule has 0 unspecified atom stereocenters. The fourth-order valence-corrected chi connectivity index (χ4v) is 8.60. The fraction of sp³-hybridized carbons (Fsp3) is 0. The number of aromatic nitrogens is 4. The molecule has 5 nitrogen and oxygen atoms in total. The first-order valence-corrected chi connectivity index (χ1v) is 18.0. The molecule has 0 fully saturated rings. The highest BCUT2D eigenvalue weighted by Crippen LogP contribution is 2.46. The highest BCUT2D eigenvalue weighted by Gasteiger charge is 2.24. The van der Waals surface area contributed by atoms with Gasteiger partial charge in [0, 0.05) is 63.8 Å². The van der Waals surface area contributed by atoms with E-state index < -0.39 is 0 Å². The average Bonchev–Trinajstić information content (AvgIpc) is 3.79. The van der Waals surface area contributed by atoms with Crippen LogP contribution in [0.4, 0.5) is 0 Å². The standard InChI is InChI=1S/C46H26N4OS/c1-3-13-27(14-4-1)44-48-45(28-15-5-2-6-16-28)50-46(49-44)35-26-34-40(41-32-19-8-11-21-37(32)51-43(35)41)31-18-7-10-20-36(31)47-42(34)29-23-24-39-33(25-29)30-17-9-12-22-38(30)52-39/h1-26H. The van der Waals surface area contributed by atoms with Gasteiger partial charge in [0.05, 0.1) is 16.8 Å². The van der Waals surface area contributed by atoms with E-state index in [0.29, 0.717) is 17.5 Å². The van der Waals surface area contributed by atoms with Crippen molar-refractivity contribution in [1.82, 2.24) is 19.9 Å². The van der Waals surface area contributed by atoms with Gasteiger partial charge in [-0.3, -0.25) is 0 Å². The lowest BCUT2D eigenvalue weighted by Gasteiger charge is -2.14. The number of pyridine rings is 1. The lowest BCUT2D eigenvalue weighted by molar-refractivity contribution is 0.670. The molecule has 0 N–H and O–H groups in total. The summed E-state index contributed by atoms with van der Waals surface area (Å²) in [5.74, 6) is 1.73. The average molecular weight is 683 g/mol. The topological polar surface area (TPSA) is 64.7 Å². The van der Waals surface area contributed by atoms with Gasteiger partial charge in [0.1, 0.15) is 11.2 Å². The molecule has 0 atom stereocenters. The molecule has 11 rings (SSSR count). The normalized spacial score (nSPS) is 11.8. The van der Waals surface area contributed by atoms with Crippen molar-refractivity contribution in [3.05, 3.63) is 158 Å². The van der Waals surface area contributed by atoms with Crippen LogP contribution in [0, 0.1) is 0 Å². The molecule has 52 heavy (non-hydrogen) atoms. The molecule has 0 bridgehead atoms. The van der Waals surface area contributed by atoms with Crippen molar-refractivity contribution < 1.29 is 4.42 Å². The zero-order valence-corrected chi connectivity index (χ0v) is 28.4.